The number of hydrogen-bond acceptors (Lipinski definition) is 2. The molecule has 0 spiro atoms. The van der Waals surface area contributed by atoms with Crippen LogP contribution in [0, 0.1) is 24.0 Å². The zero-order valence-corrected chi connectivity index (χ0v) is 11.1. The molecule has 0 aliphatic heterocycles. The molecule has 0 aliphatic rings. The van der Waals surface area contributed by atoms with Crippen LogP contribution in [-0.2, 0) is 0 Å². The first-order valence-electron chi connectivity index (χ1n) is 5.10. The minimum absolute atomic E-state index is 0.0862. The third-order valence-electron chi connectivity index (χ3n) is 2.65. The van der Waals surface area contributed by atoms with E-state index in [2.05, 4.69) is 15.9 Å². The van der Waals surface area contributed by atoms with Crippen LogP contribution in [0.15, 0.2) is 34.8 Å². The summed E-state index contributed by atoms with van der Waals surface area (Å²) in [5.74, 6) is 0. The summed E-state index contributed by atoms with van der Waals surface area (Å²) in [5.41, 5.74) is 3.19. The maximum absolute atomic E-state index is 10.7. The molecule has 0 atom stereocenters. The highest BCUT2D eigenvalue weighted by Gasteiger charge is 2.12. The number of nitrogens with zero attached hydrogens (tertiary/aromatic N) is 2. The topological polar surface area (TPSA) is 48.1 Å². The molecule has 0 aliphatic carbocycles. The van der Waals surface area contributed by atoms with Crippen molar-refractivity contribution in [3.63, 3.8) is 0 Å². The summed E-state index contributed by atoms with van der Waals surface area (Å²) in [6.07, 6.45) is 0. The Morgan fingerprint density at radius 1 is 1.18 bits per heavy atom. The highest BCUT2D eigenvalue weighted by atomic mass is 79.9. The molecule has 4 nitrogen and oxygen atoms in total. The van der Waals surface area contributed by atoms with Crippen molar-refractivity contribution < 1.29 is 4.92 Å². The van der Waals surface area contributed by atoms with Gasteiger partial charge in [0.25, 0.3) is 5.69 Å². The molecular weight excluding hydrogens is 284 g/mol. The lowest BCUT2D eigenvalue weighted by Gasteiger charge is -2.11. The molecule has 0 amide bonds. The number of halogens is 1. The smallest absolute Gasteiger partial charge is 0.270 e. The number of aryl methyl sites for hydroxylation is 2. The lowest BCUT2D eigenvalue weighted by atomic mass is 10.2. The van der Waals surface area contributed by atoms with Gasteiger partial charge in [0.2, 0.25) is 0 Å². The van der Waals surface area contributed by atoms with Crippen molar-refractivity contribution >= 4 is 21.6 Å². The van der Waals surface area contributed by atoms with Gasteiger partial charge in [0.15, 0.2) is 0 Å². The van der Waals surface area contributed by atoms with E-state index in [0.29, 0.717) is 4.47 Å². The van der Waals surface area contributed by atoms with Gasteiger partial charge in [0.05, 0.1) is 10.6 Å². The number of hydrogen-bond donors (Lipinski definition) is 0. The van der Waals surface area contributed by atoms with E-state index >= 15 is 0 Å². The van der Waals surface area contributed by atoms with Gasteiger partial charge in [-0.15, -0.1) is 0 Å². The molecule has 0 unspecified atom stereocenters. The van der Waals surface area contributed by atoms with Crippen LogP contribution in [0.5, 0.6) is 0 Å². The molecule has 0 fully saturated rings. The summed E-state index contributed by atoms with van der Waals surface area (Å²) in [7, 11) is 0. The first-order valence-corrected chi connectivity index (χ1v) is 5.89. The predicted octanol–water partition coefficient (Wildman–Crippen LogP) is 3.76. The van der Waals surface area contributed by atoms with E-state index in [9.17, 15) is 10.1 Å². The summed E-state index contributed by atoms with van der Waals surface area (Å²) >= 11 is 3.38. The van der Waals surface area contributed by atoms with Gasteiger partial charge in [-0.25, -0.2) is 0 Å². The summed E-state index contributed by atoms with van der Waals surface area (Å²) < 4.78 is 2.77. The number of non-ortho nitro benzene ring substituents is 1. The fourth-order valence-electron chi connectivity index (χ4n) is 1.84. The molecule has 0 radical (unpaired) electrons. The van der Waals surface area contributed by atoms with E-state index in [1.54, 1.807) is 6.07 Å². The van der Waals surface area contributed by atoms with Gasteiger partial charge in [-0.3, -0.25) is 10.1 Å². The predicted molar refractivity (Wildman–Crippen MR) is 69.6 cm³/mol. The number of nitro groups is 1. The van der Waals surface area contributed by atoms with Crippen LogP contribution in [0.25, 0.3) is 5.69 Å². The third kappa shape index (κ3) is 2.10. The normalized spacial score (nSPS) is 10.5. The lowest BCUT2D eigenvalue weighted by Crippen LogP contribution is -2.00. The van der Waals surface area contributed by atoms with Crippen LogP contribution >= 0.6 is 15.9 Å². The standard InChI is InChI=1S/C12H11BrN2O2/c1-8-3-4-9(2)14(8)12-6-5-10(15(16)17)7-11(12)13/h3-7H,1-2H3. The van der Waals surface area contributed by atoms with E-state index < -0.39 is 4.92 Å². The number of nitro benzene ring substituents is 1. The Morgan fingerprint density at radius 2 is 1.76 bits per heavy atom. The summed E-state index contributed by atoms with van der Waals surface area (Å²) in [4.78, 5) is 10.3. The van der Waals surface area contributed by atoms with Crippen molar-refractivity contribution in [1.82, 2.24) is 4.57 Å². The zero-order chi connectivity index (χ0) is 12.6. The van der Waals surface area contributed by atoms with Gasteiger partial charge < -0.3 is 4.57 Å². The molecule has 1 aromatic heterocycles. The highest BCUT2D eigenvalue weighted by Crippen LogP contribution is 2.28. The average molecular weight is 295 g/mol. The van der Waals surface area contributed by atoms with E-state index in [1.165, 1.54) is 12.1 Å². The van der Waals surface area contributed by atoms with Crippen LogP contribution in [0.3, 0.4) is 0 Å². The second kappa shape index (κ2) is 4.33. The Hall–Kier alpha value is -1.62. The minimum Gasteiger partial charge on any atom is -0.317 e. The largest absolute Gasteiger partial charge is 0.317 e. The van der Waals surface area contributed by atoms with Crippen molar-refractivity contribution in [2.75, 3.05) is 0 Å². The second-order valence-corrected chi connectivity index (χ2v) is 4.70. The van der Waals surface area contributed by atoms with E-state index in [1.807, 2.05) is 30.5 Å². The Morgan fingerprint density at radius 3 is 2.24 bits per heavy atom. The molecule has 2 rings (SSSR count). The summed E-state index contributed by atoms with van der Waals surface area (Å²) in [6.45, 7) is 4.00. The van der Waals surface area contributed by atoms with E-state index in [4.69, 9.17) is 0 Å². The molecule has 0 N–H and O–H groups in total. The van der Waals surface area contributed by atoms with Crippen molar-refractivity contribution in [3.8, 4) is 5.69 Å². The molecule has 17 heavy (non-hydrogen) atoms. The fraction of sp³-hybridized carbons (Fsp3) is 0.167. The summed E-state index contributed by atoms with van der Waals surface area (Å²) in [5, 5.41) is 10.7. The highest BCUT2D eigenvalue weighted by molar-refractivity contribution is 9.10. The second-order valence-electron chi connectivity index (χ2n) is 3.84. The van der Waals surface area contributed by atoms with Crippen molar-refractivity contribution in [3.05, 3.63) is 56.3 Å². The van der Waals surface area contributed by atoms with Crippen molar-refractivity contribution in [2.45, 2.75) is 13.8 Å². The SMILES string of the molecule is Cc1ccc(C)n1-c1ccc([N+](=O)[O-])cc1Br. The van der Waals surface area contributed by atoms with Gasteiger partial charge in [0.1, 0.15) is 0 Å². The zero-order valence-electron chi connectivity index (χ0n) is 9.48. The van der Waals surface area contributed by atoms with Gasteiger partial charge in [-0.1, -0.05) is 0 Å². The Bertz CT molecular complexity index is 571. The lowest BCUT2D eigenvalue weighted by molar-refractivity contribution is -0.384. The number of aromatic nitrogens is 1. The molecule has 1 aromatic carbocycles. The summed E-state index contributed by atoms with van der Waals surface area (Å²) in [6, 6.07) is 8.82. The average Bonchev–Trinajstić information content (AvgIpc) is 2.59. The molecule has 0 saturated heterocycles. The van der Waals surface area contributed by atoms with Gasteiger partial charge in [-0.2, -0.15) is 0 Å². The first kappa shape index (κ1) is 11.9. The first-order chi connectivity index (χ1) is 8.00. The Kier molecular flexibility index (Phi) is 3.02. The molecule has 2 aromatic rings. The van der Waals surface area contributed by atoms with Crippen LogP contribution in [0.2, 0.25) is 0 Å². The third-order valence-corrected chi connectivity index (χ3v) is 3.29. The van der Waals surface area contributed by atoms with Crippen LogP contribution in [0.4, 0.5) is 5.69 Å². The quantitative estimate of drug-likeness (QED) is 0.625. The molecule has 0 saturated carbocycles. The Balaban J connectivity index is 2.58. The molecule has 1 heterocycles. The van der Waals surface area contributed by atoms with Crippen molar-refractivity contribution in [1.29, 1.82) is 0 Å². The van der Waals surface area contributed by atoms with E-state index in [-0.39, 0.29) is 5.69 Å². The van der Waals surface area contributed by atoms with Gasteiger partial charge in [0, 0.05) is 28.0 Å². The maximum atomic E-state index is 10.7. The molecule has 5 heteroatoms. The number of rotatable bonds is 2. The molecule has 88 valence electrons. The number of benzene rings is 1. The minimum atomic E-state index is -0.399. The van der Waals surface area contributed by atoms with Crippen LogP contribution < -0.4 is 0 Å². The Labute approximate surface area is 107 Å². The molecular formula is C12H11BrN2O2. The van der Waals surface area contributed by atoms with Gasteiger partial charge in [-0.05, 0) is 48.0 Å². The van der Waals surface area contributed by atoms with Gasteiger partial charge >= 0.3 is 0 Å². The fourth-order valence-corrected chi connectivity index (χ4v) is 2.38. The van der Waals surface area contributed by atoms with Crippen LogP contribution in [0.1, 0.15) is 11.4 Å². The monoisotopic (exact) mass is 294 g/mol. The maximum Gasteiger partial charge on any atom is 0.270 e. The van der Waals surface area contributed by atoms with E-state index in [0.717, 1.165) is 17.1 Å². The van der Waals surface area contributed by atoms with Crippen molar-refractivity contribution in [2.24, 2.45) is 0 Å². The van der Waals surface area contributed by atoms with Crippen LogP contribution in [-0.4, -0.2) is 9.49 Å². The molecule has 0 bridgehead atoms.